The maximum atomic E-state index is 12.6. The van der Waals surface area contributed by atoms with E-state index in [-0.39, 0.29) is 11.1 Å². The van der Waals surface area contributed by atoms with Gasteiger partial charge in [-0.2, -0.15) is 13.2 Å². The quantitative estimate of drug-likeness (QED) is 0.532. The Balaban J connectivity index is 3.39. The molecule has 0 saturated carbocycles. The molecule has 0 atom stereocenters. The minimum atomic E-state index is -4.46. The summed E-state index contributed by atoms with van der Waals surface area (Å²) < 4.78 is 42.3. The highest BCUT2D eigenvalue weighted by Gasteiger charge is 2.33. The summed E-state index contributed by atoms with van der Waals surface area (Å²) in [4.78, 5) is 11.2. The highest BCUT2D eigenvalue weighted by atomic mass is 19.4. The van der Waals surface area contributed by atoms with Crippen LogP contribution < -0.4 is 5.46 Å². The fourth-order valence-corrected chi connectivity index (χ4v) is 1.39. The zero-order chi connectivity index (χ0) is 12.5. The average molecular weight is 230 g/mol. The Bertz CT molecular complexity index is 427. The van der Waals surface area contributed by atoms with Gasteiger partial charge < -0.3 is 4.74 Å². The van der Waals surface area contributed by atoms with Gasteiger partial charge in [0, 0.05) is 0 Å². The lowest BCUT2D eigenvalue weighted by atomic mass is 9.86. The second-order valence-electron chi connectivity index (χ2n) is 3.46. The van der Waals surface area contributed by atoms with E-state index in [9.17, 15) is 18.0 Å². The highest BCUT2D eigenvalue weighted by molar-refractivity contribution is 6.33. The Kier molecular flexibility index (Phi) is 3.31. The van der Waals surface area contributed by atoms with Crippen molar-refractivity contribution in [1.29, 1.82) is 0 Å². The Morgan fingerprint density at radius 1 is 1.38 bits per heavy atom. The number of carbonyl (C=O) groups excluding carboxylic acids is 1. The van der Waals surface area contributed by atoms with Gasteiger partial charge in [-0.15, -0.1) is 0 Å². The second kappa shape index (κ2) is 4.19. The molecule has 0 radical (unpaired) electrons. The molecule has 86 valence electrons. The SMILES string of the molecule is Bc1cc(C(=O)OC)cc(C(F)(F)F)c1C. The van der Waals surface area contributed by atoms with Crippen LogP contribution in [0.15, 0.2) is 12.1 Å². The normalized spacial score (nSPS) is 11.3. The molecule has 0 unspecified atom stereocenters. The molecule has 0 amide bonds. The maximum Gasteiger partial charge on any atom is 0.416 e. The predicted molar refractivity (Wildman–Crippen MR) is 55.7 cm³/mol. The van der Waals surface area contributed by atoms with E-state index < -0.39 is 17.7 Å². The van der Waals surface area contributed by atoms with Gasteiger partial charge in [0.15, 0.2) is 0 Å². The van der Waals surface area contributed by atoms with Gasteiger partial charge >= 0.3 is 12.1 Å². The lowest BCUT2D eigenvalue weighted by Gasteiger charge is -2.14. The first kappa shape index (κ1) is 12.6. The molecule has 0 spiro atoms. The molecule has 2 nitrogen and oxygen atoms in total. The number of benzene rings is 1. The van der Waals surface area contributed by atoms with Crippen molar-refractivity contribution in [1.82, 2.24) is 0 Å². The van der Waals surface area contributed by atoms with E-state index >= 15 is 0 Å². The number of alkyl halides is 3. The fraction of sp³-hybridized carbons (Fsp3) is 0.300. The molecule has 0 saturated heterocycles. The van der Waals surface area contributed by atoms with Crippen LogP contribution in [0.5, 0.6) is 0 Å². The van der Waals surface area contributed by atoms with E-state index in [1.807, 2.05) is 0 Å². The average Bonchev–Trinajstić information content (AvgIpc) is 2.18. The first-order valence-electron chi connectivity index (χ1n) is 4.54. The minimum absolute atomic E-state index is 0.0853. The zero-order valence-electron chi connectivity index (χ0n) is 9.11. The van der Waals surface area contributed by atoms with Crippen LogP contribution in [0.3, 0.4) is 0 Å². The van der Waals surface area contributed by atoms with E-state index in [4.69, 9.17) is 0 Å². The molecular formula is C10H10BF3O2. The Hall–Kier alpha value is -1.46. The summed E-state index contributed by atoms with van der Waals surface area (Å²) in [6.45, 7) is 1.37. The van der Waals surface area contributed by atoms with Crippen molar-refractivity contribution < 1.29 is 22.7 Å². The van der Waals surface area contributed by atoms with Crippen LogP contribution in [0, 0.1) is 6.92 Å². The van der Waals surface area contributed by atoms with Crippen LogP contribution in [0.1, 0.15) is 21.5 Å². The van der Waals surface area contributed by atoms with Crippen molar-refractivity contribution >= 4 is 19.3 Å². The molecule has 0 aliphatic rings. The summed E-state index contributed by atoms with van der Waals surface area (Å²) in [5, 5.41) is 0. The van der Waals surface area contributed by atoms with Crippen LogP contribution in [-0.4, -0.2) is 20.9 Å². The van der Waals surface area contributed by atoms with E-state index in [1.54, 1.807) is 0 Å². The van der Waals surface area contributed by atoms with Crippen LogP contribution >= 0.6 is 0 Å². The summed E-state index contributed by atoms with van der Waals surface area (Å²) in [5.74, 6) is -0.770. The van der Waals surface area contributed by atoms with Crippen LogP contribution in [0.25, 0.3) is 0 Å². The molecule has 0 aromatic heterocycles. The topological polar surface area (TPSA) is 26.3 Å². The van der Waals surface area contributed by atoms with E-state index in [0.717, 1.165) is 13.2 Å². The van der Waals surface area contributed by atoms with Crippen LogP contribution in [-0.2, 0) is 10.9 Å². The molecule has 0 heterocycles. The molecule has 1 aromatic rings. The second-order valence-corrected chi connectivity index (χ2v) is 3.46. The van der Waals surface area contributed by atoms with Crippen molar-refractivity contribution in [3.63, 3.8) is 0 Å². The lowest BCUT2D eigenvalue weighted by molar-refractivity contribution is -0.138. The third-order valence-corrected chi connectivity index (χ3v) is 2.39. The summed E-state index contributed by atoms with van der Waals surface area (Å²) in [7, 11) is 2.65. The number of halogens is 3. The molecule has 1 aromatic carbocycles. The summed E-state index contributed by atoms with van der Waals surface area (Å²) >= 11 is 0. The van der Waals surface area contributed by atoms with Crippen LogP contribution in [0.4, 0.5) is 13.2 Å². The molecule has 0 fully saturated rings. The van der Waals surface area contributed by atoms with Crippen molar-refractivity contribution in [2.24, 2.45) is 0 Å². The first-order valence-corrected chi connectivity index (χ1v) is 4.54. The maximum absolute atomic E-state index is 12.6. The fourth-order valence-electron chi connectivity index (χ4n) is 1.39. The number of hydrogen-bond donors (Lipinski definition) is 0. The van der Waals surface area contributed by atoms with Crippen molar-refractivity contribution in [2.75, 3.05) is 7.11 Å². The van der Waals surface area contributed by atoms with Gasteiger partial charge in [0.05, 0.1) is 18.2 Å². The Morgan fingerprint density at radius 2 is 1.94 bits per heavy atom. The van der Waals surface area contributed by atoms with Gasteiger partial charge in [0.2, 0.25) is 0 Å². The van der Waals surface area contributed by atoms with Gasteiger partial charge in [-0.05, 0) is 18.6 Å². The molecule has 0 N–H and O–H groups in total. The molecule has 0 aliphatic carbocycles. The van der Waals surface area contributed by atoms with Crippen molar-refractivity contribution in [3.05, 3.63) is 28.8 Å². The molecule has 0 aliphatic heterocycles. The largest absolute Gasteiger partial charge is 0.465 e. The molecule has 1 rings (SSSR count). The van der Waals surface area contributed by atoms with Gasteiger partial charge in [-0.25, -0.2) is 4.79 Å². The lowest BCUT2D eigenvalue weighted by Crippen LogP contribution is -2.19. The molecular weight excluding hydrogens is 220 g/mol. The highest BCUT2D eigenvalue weighted by Crippen LogP contribution is 2.31. The van der Waals surface area contributed by atoms with E-state index in [1.165, 1.54) is 20.8 Å². The standard InChI is InChI=1S/C10H10BF3O2/c1-5-7(10(12,13)14)3-6(4-8(5)11)9(15)16-2/h3-4H,11H2,1-2H3. The van der Waals surface area contributed by atoms with E-state index in [0.29, 0.717) is 5.46 Å². The summed E-state index contributed by atoms with van der Waals surface area (Å²) in [6, 6.07) is 2.20. The number of ether oxygens (including phenoxy) is 1. The number of hydrogen-bond acceptors (Lipinski definition) is 2. The van der Waals surface area contributed by atoms with Crippen molar-refractivity contribution in [3.8, 4) is 0 Å². The van der Waals surface area contributed by atoms with Gasteiger partial charge in [-0.3, -0.25) is 0 Å². The monoisotopic (exact) mass is 230 g/mol. The number of carbonyl (C=O) groups is 1. The summed E-state index contributed by atoms with van der Waals surface area (Å²) in [6.07, 6.45) is -4.46. The first-order chi connectivity index (χ1) is 7.27. The van der Waals surface area contributed by atoms with Gasteiger partial charge in [-0.1, -0.05) is 11.5 Å². The number of methoxy groups -OCH3 is 1. The smallest absolute Gasteiger partial charge is 0.416 e. The van der Waals surface area contributed by atoms with E-state index in [2.05, 4.69) is 4.74 Å². The minimum Gasteiger partial charge on any atom is -0.465 e. The number of rotatable bonds is 1. The summed E-state index contributed by atoms with van der Waals surface area (Å²) in [5.41, 5.74) is -0.346. The Morgan fingerprint density at radius 3 is 2.38 bits per heavy atom. The Labute approximate surface area is 91.8 Å². The molecule has 6 heteroatoms. The van der Waals surface area contributed by atoms with Gasteiger partial charge in [0.1, 0.15) is 7.85 Å². The van der Waals surface area contributed by atoms with Crippen molar-refractivity contribution in [2.45, 2.75) is 13.1 Å². The zero-order valence-corrected chi connectivity index (χ0v) is 9.11. The third-order valence-electron chi connectivity index (χ3n) is 2.39. The third kappa shape index (κ3) is 2.37. The van der Waals surface area contributed by atoms with Crippen LogP contribution in [0.2, 0.25) is 0 Å². The molecule has 16 heavy (non-hydrogen) atoms. The predicted octanol–water partition coefficient (Wildman–Crippen LogP) is 1.06. The van der Waals surface area contributed by atoms with Gasteiger partial charge in [0.25, 0.3) is 0 Å². The number of esters is 1. The molecule has 0 bridgehead atoms.